The van der Waals surface area contributed by atoms with Gasteiger partial charge in [0, 0.05) is 11.9 Å². The van der Waals surface area contributed by atoms with Crippen molar-refractivity contribution in [2.24, 2.45) is 5.73 Å². The largest absolute Gasteiger partial charge is 0.389 e. The van der Waals surface area contributed by atoms with Crippen LogP contribution < -0.4 is 9.44 Å². The number of nitrogens with two attached hydrogens (primary N) is 1. The molecule has 106 valence electrons. The summed E-state index contributed by atoms with van der Waals surface area (Å²) in [5.74, 6) is 0. The lowest BCUT2D eigenvalue weighted by molar-refractivity contribution is 0.434. The second-order valence-corrected chi connectivity index (χ2v) is 6.17. The van der Waals surface area contributed by atoms with E-state index in [-0.39, 0.29) is 10.7 Å². The van der Waals surface area contributed by atoms with Crippen LogP contribution in [0.3, 0.4) is 0 Å². The van der Waals surface area contributed by atoms with Crippen molar-refractivity contribution in [2.75, 3.05) is 17.9 Å². The molecule has 7 nitrogen and oxygen atoms in total. The summed E-state index contributed by atoms with van der Waals surface area (Å²) < 4.78 is 34.0. The first-order chi connectivity index (χ1) is 8.92. The third-order valence-electron chi connectivity index (χ3n) is 2.04. The Bertz CT molecular complexity index is 521. The van der Waals surface area contributed by atoms with Crippen molar-refractivity contribution in [3.8, 4) is 0 Å². The van der Waals surface area contributed by atoms with Crippen LogP contribution in [0.2, 0.25) is 0 Å². The molecule has 0 saturated heterocycles. The van der Waals surface area contributed by atoms with Crippen LogP contribution in [0, 0.1) is 6.92 Å². The number of nitrogens with zero attached hydrogens (tertiary/aromatic N) is 2. The molecule has 0 bridgehead atoms. The van der Waals surface area contributed by atoms with E-state index >= 15 is 0 Å². The smallest absolute Gasteiger partial charge is 0.278 e. The van der Waals surface area contributed by atoms with Gasteiger partial charge in [-0.25, -0.2) is 8.42 Å². The first-order valence-corrected chi connectivity index (χ1v) is 7.38. The van der Waals surface area contributed by atoms with Crippen LogP contribution in [-0.4, -0.2) is 32.6 Å². The number of hydrogen-bond donors (Lipinski definition) is 1. The average Bonchev–Trinajstić information content (AvgIpc) is 2.38. The number of pyridine rings is 1. The van der Waals surface area contributed by atoms with Crippen LogP contribution >= 0.6 is 12.2 Å². The van der Waals surface area contributed by atoms with E-state index < -0.39 is 22.5 Å². The quantitative estimate of drug-likeness (QED) is 0.751. The highest BCUT2D eigenvalue weighted by molar-refractivity contribution is 7.99. The highest BCUT2D eigenvalue weighted by atomic mass is 32.3. The first-order valence-electron chi connectivity index (χ1n) is 4.91. The SMILES string of the molecule is COS(=O)N(c1cc(C)ncc1C(N)=S)S(=O)OC. The summed E-state index contributed by atoms with van der Waals surface area (Å²) in [5, 5.41) is 0. The van der Waals surface area contributed by atoms with Crippen molar-refractivity contribution in [3.63, 3.8) is 0 Å². The zero-order valence-electron chi connectivity index (χ0n) is 10.5. The molecule has 0 radical (unpaired) electrons. The fourth-order valence-corrected chi connectivity index (χ4v) is 3.05. The molecule has 1 rings (SSSR count). The highest BCUT2D eigenvalue weighted by Crippen LogP contribution is 2.24. The number of aromatic nitrogens is 1. The summed E-state index contributed by atoms with van der Waals surface area (Å²) in [6, 6.07) is 1.54. The van der Waals surface area contributed by atoms with Crippen molar-refractivity contribution in [2.45, 2.75) is 6.92 Å². The van der Waals surface area contributed by atoms with Crippen LogP contribution in [-0.2, 0) is 30.9 Å². The molecule has 0 aromatic carbocycles. The lowest BCUT2D eigenvalue weighted by Gasteiger charge is -2.21. The third kappa shape index (κ3) is 3.76. The average molecular weight is 323 g/mol. The van der Waals surface area contributed by atoms with Crippen molar-refractivity contribution in [1.29, 1.82) is 0 Å². The molecule has 2 unspecified atom stereocenters. The Labute approximate surface area is 121 Å². The Morgan fingerprint density at radius 1 is 1.37 bits per heavy atom. The van der Waals surface area contributed by atoms with Crippen LogP contribution in [0.1, 0.15) is 11.3 Å². The Balaban J connectivity index is 3.44. The molecular weight excluding hydrogens is 310 g/mol. The molecule has 0 aliphatic heterocycles. The summed E-state index contributed by atoms with van der Waals surface area (Å²) in [4.78, 5) is 4.08. The minimum absolute atomic E-state index is 0.0358. The summed E-state index contributed by atoms with van der Waals surface area (Å²) in [6.45, 7) is 1.72. The summed E-state index contributed by atoms with van der Waals surface area (Å²) in [7, 11) is 2.43. The topological polar surface area (TPSA) is 94.8 Å². The molecule has 2 atom stereocenters. The molecule has 1 aromatic rings. The minimum Gasteiger partial charge on any atom is -0.389 e. The van der Waals surface area contributed by atoms with Gasteiger partial charge in [0.15, 0.2) is 0 Å². The van der Waals surface area contributed by atoms with Gasteiger partial charge < -0.3 is 5.73 Å². The van der Waals surface area contributed by atoms with Gasteiger partial charge in [-0.2, -0.15) is 3.71 Å². The fourth-order valence-electron chi connectivity index (χ4n) is 1.23. The van der Waals surface area contributed by atoms with Gasteiger partial charge in [0.1, 0.15) is 4.99 Å². The number of aryl methyl sites for hydroxylation is 1. The van der Waals surface area contributed by atoms with Crippen LogP contribution in [0.15, 0.2) is 12.3 Å². The molecule has 1 heterocycles. The van der Waals surface area contributed by atoms with E-state index in [2.05, 4.69) is 13.4 Å². The van der Waals surface area contributed by atoms with E-state index in [1.54, 1.807) is 13.0 Å². The second kappa shape index (κ2) is 7.01. The van der Waals surface area contributed by atoms with Gasteiger partial charge >= 0.3 is 0 Å². The fraction of sp³-hybridized carbons (Fsp3) is 0.333. The summed E-state index contributed by atoms with van der Waals surface area (Å²) in [6.07, 6.45) is 1.42. The summed E-state index contributed by atoms with van der Waals surface area (Å²) >= 11 is 0.858. The third-order valence-corrected chi connectivity index (χ3v) is 4.49. The van der Waals surface area contributed by atoms with Gasteiger partial charge in [-0.3, -0.25) is 13.4 Å². The normalized spacial score (nSPS) is 13.8. The Morgan fingerprint density at radius 3 is 2.32 bits per heavy atom. The Kier molecular flexibility index (Phi) is 5.94. The van der Waals surface area contributed by atoms with Gasteiger partial charge in [-0.1, -0.05) is 12.2 Å². The van der Waals surface area contributed by atoms with Gasteiger partial charge in [0.05, 0.1) is 25.5 Å². The van der Waals surface area contributed by atoms with E-state index in [1.807, 2.05) is 0 Å². The van der Waals surface area contributed by atoms with E-state index in [0.29, 0.717) is 11.3 Å². The Hall–Kier alpha value is -0.940. The van der Waals surface area contributed by atoms with Crippen molar-refractivity contribution in [3.05, 3.63) is 23.5 Å². The molecule has 0 spiro atoms. The van der Waals surface area contributed by atoms with Crippen LogP contribution in [0.5, 0.6) is 0 Å². The van der Waals surface area contributed by atoms with Gasteiger partial charge in [-0.15, -0.1) is 0 Å². The molecule has 0 saturated carbocycles. The molecule has 2 N–H and O–H groups in total. The molecule has 0 fully saturated rings. The van der Waals surface area contributed by atoms with Crippen molar-refractivity contribution >= 4 is 45.4 Å². The van der Waals surface area contributed by atoms with Crippen molar-refractivity contribution < 1.29 is 16.8 Å². The predicted octanol–water partition coefficient (Wildman–Crippen LogP) is 0.281. The lowest BCUT2D eigenvalue weighted by atomic mass is 10.2. The van der Waals surface area contributed by atoms with E-state index in [9.17, 15) is 8.42 Å². The second-order valence-electron chi connectivity index (χ2n) is 3.23. The molecule has 0 aliphatic carbocycles. The van der Waals surface area contributed by atoms with E-state index in [0.717, 1.165) is 3.71 Å². The zero-order chi connectivity index (χ0) is 14.6. The van der Waals surface area contributed by atoms with Gasteiger partial charge in [0.2, 0.25) is 0 Å². The zero-order valence-corrected chi connectivity index (χ0v) is 12.9. The molecular formula is C9H13N3O4S3. The van der Waals surface area contributed by atoms with Crippen LogP contribution in [0.4, 0.5) is 5.69 Å². The van der Waals surface area contributed by atoms with Crippen LogP contribution in [0.25, 0.3) is 0 Å². The van der Waals surface area contributed by atoms with E-state index in [1.165, 1.54) is 20.4 Å². The standard InChI is InChI=1S/C9H13N3O4S3/c1-6-4-8(7(5-11-6)9(10)17)12(18(13)15-2)19(14)16-3/h4-5H,1-3H3,(H2,10,17). The monoisotopic (exact) mass is 323 g/mol. The van der Waals surface area contributed by atoms with Gasteiger partial charge in [-0.05, 0) is 13.0 Å². The molecule has 10 heteroatoms. The minimum atomic E-state index is -2.02. The van der Waals surface area contributed by atoms with E-state index in [4.69, 9.17) is 18.0 Å². The highest BCUT2D eigenvalue weighted by Gasteiger charge is 2.25. The maximum Gasteiger partial charge on any atom is 0.278 e. The maximum absolute atomic E-state index is 11.8. The first kappa shape index (κ1) is 16.1. The molecule has 0 amide bonds. The van der Waals surface area contributed by atoms with Gasteiger partial charge in [0.25, 0.3) is 22.5 Å². The number of anilines is 1. The number of thiocarbonyl (C=S) groups is 1. The maximum atomic E-state index is 11.8. The van der Waals surface area contributed by atoms with Crippen molar-refractivity contribution in [1.82, 2.24) is 4.98 Å². The number of rotatable bonds is 6. The number of hydrogen-bond acceptors (Lipinski definition) is 6. The molecule has 1 aromatic heterocycles. The predicted molar refractivity (Wildman–Crippen MR) is 77.6 cm³/mol. The molecule has 0 aliphatic rings. The Morgan fingerprint density at radius 2 is 1.89 bits per heavy atom. The summed E-state index contributed by atoms with van der Waals surface area (Å²) in [5.41, 5.74) is 6.78. The molecule has 19 heavy (non-hydrogen) atoms. The lowest BCUT2D eigenvalue weighted by Crippen LogP contribution is -2.31.